The molecule has 2 aromatic rings. The van der Waals surface area contributed by atoms with Crippen molar-refractivity contribution in [2.45, 2.75) is 31.8 Å². The molecule has 2 aliphatic heterocycles. The molecule has 0 saturated carbocycles. The Morgan fingerprint density at radius 2 is 2.13 bits per heavy atom. The van der Waals surface area contributed by atoms with E-state index in [1.165, 1.54) is 5.56 Å². The van der Waals surface area contributed by atoms with Crippen molar-refractivity contribution in [2.75, 3.05) is 26.3 Å². The maximum Gasteiger partial charge on any atom is 0.0967 e. The van der Waals surface area contributed by atoms with Gasteiger partial charge in [-0.2, -0.15) is 0 Å². The molecule has 5 nitrogen and oxygen atoms in total. The van der Waals surface area contributed by atoms with Crippen LogP contribution < -0.4 is 0 Å². The first-order valence-corrected chi connectivity index (χ1v) is 8.44. The van der Waals surface area contributed by atoms with Gasteiger partial charge in [-0.15, -0.1) is 5.10 Å². The van der Waals surface area contributed by atoms with Crippen LogP contribution in [-0.2, 0) is 16.7 Å². The third-order valence-corrected chi connectivity index (χ3v) is 5.27. The van der Waals surface area contributed by atoms with Crippen LogP contribution in [0, 0.1) is 5.92 Å². The average Bonchev–Trinajstić information content (AvgIpc) is 3.22. The average molecular weight is 312 g/mol. The zero-order valence-electron chi connectivity index (χ0n) is 13.9. The molecule has 2 fully saturated rings. The minimum atomic E-state index is 0.148. The van der Waals surface area contributed by atoms with E-state index >= 15 is 0 Å². The van der Waals surface area contributed by atoms with Crippen molar-refractivity contribution in [3.05, 3.63) is 47.8 Å². The number of benzene rings is 1. The largest absolute Gasteiger partial charge is 0.380 e. The lowest BCUT2D eigenvalue weighted by molar-refractivity contribution is 0.146. The van der Waals surface area contributed by atoms with Gasteiger partial charge in [0.25, 0.3) is 0 Å². The molecular weight excluding hydrogens is 288 g/mol. The summed E-state index contributed by atoms with van der Waals surface area (Å²) in [6, 6.07) is 11.2. The molecule has 122 valence electrons. The van der Waals surface area contributed by atoms with Gasteiger partial charge in [0, 0.05) is 37.0 Å². The van der Waals surface area contributed by atoms with Crippen LogP contribution in [0.5, 0.6) is 0 Å². The first-order chi connectivity index (χ1) is 11.2. The van der Waals surface area contributed by atoms with E-state index in [-0.39, 0.29) is 5.41 Å². The molecule has 0 aliphatic carbocycles. The highest BCUT2D eigenvalue weighted by Gasteiger charge is 2.51. The summed E-state index contributed by atoms with van der Waals surface area (Å²) in [5.41, 5.74) is 2.62. The van der Waals surface area contributed by atoms with Gasteiger partial charge in [-0.3, -0.25) is 4.90 Å². The molecule has 0 bridgehead atoms. The molecule has 3 heterocycles. The van der Waals surface area contributed by atoms with Gasteiger partial charge in [-0.05, 0) is 19.4 Å². The van der Waals surface area contributed by atoms with E-state index in [1.54, 1.807) is 0 Å². The van der Waals surface area contributed by atoms with E-state index in [9.17, 15) is 0 Å². The van der Waals surface area contributed by atoms with E-state index in [4.69, 9.17) is 4.74 Å². The van der Waals surface area contributed by atoms with Crippen molar-refractivity contribution >= 4 is 0 Å². The Labute approximate surface area is 137 Å². The van der Waals surface area contributed by atoms with Gasteiger partial charge in [0.05, 0.1) is 25.1 Å². The number of nitrogens with zero attached hydrogens (tertiary/aromatic N) is 4. The number of hydrogen-bond acceptors (Lipinski definition) is 4. The fraction of sp³-hybridized carbons (Fsp3) is 0.556. The first-order valence-electron chi connectivity index (χ1n) is 8.44. The first kappa shape index (κ1) is 14.8. The smallest absolute Gasteiger partial charge is 0.0967 e. The van der Waals surface area contributed by atoms with Crippen molar-refractivity contribution in [1.29, 1.82) is 0 Å². The lowest BCUT2D eigenvalue weighted by Crippen LogP contribution is -2.35. The predicted octanol–water partition coefficient (Wildman–Crippen LogP) is 2.26. The van der Waals surface area contributed by atoms with Gasteiger partial charge in [0.2, 0.25) is 0 Å². The van der Waals surface area contributed by atoms with Crippen LogP contribution in [0.3, 0.4) is 0 Å². The maximum atomic E-state index is 5.84. The minimum absolute atomic E-state index is 0.148. The van der Waals surface area contributed by atoms with E-state index in [2.05, 4.69) is 65.6 Å². The number of hydrogen-bond donors (Lipinski definition) is 0. The Morgan fingerprint density at radius 3 is 2.87 bits per heavy atom. The van der Waals surface area contributed by atoms with Crippen LogP contribution >= 0.6 is 0 Å². The van der Waals surface area contributed by atoms with Crippen LogP contribution in [-0.4, -0.2) is 46.2 Å². The van der Waals surface area contributed by atoms with E-state index in [0.717, 1.165) is 38.5 Å². The van der Waals surface area contributed by atoms with Crippen LogP contribution in [0.1, 0.15) is 31.1 Å². The third-order valence-electron chi connectivity index (χ3n) is 5.27. The molecule has 2 aliphatic rings. The molecule has 0 spiro atoms. The highest BCUT2D eigenvalue weighted by molar-refractivity contribution is 5.31. The molecular formula is C18H24N4O. The summed E-state index contributed by atoms with van der Waals surface area (Å²) in [6.07, 6.45) is 2.07. The predicted molar refractivity (Wildman–Crippen MR) is 88.1 cm³/mol. The quantitative estimate of drug-likeness (QED) is 0.868. The van der Waals surface area contributed by atoms with Gasteiger partial charge >= 0.3 is 0 Å². The Balaban J connectivity index is 1.53. The van der Waals surface area contributed by atoms with Gasteiger partial charge < -0.3 is 4.74 Å². The molecule has 5 heteroatoms. The Morgan fingerprint density at radius 1 is 1.30 bits per heavy atom. The van der Waals surface area contributed by atoms with Gasteiger partial charge in [0.1, 0.15) is 0 Å². The van der Waals surface area contributed by atoms with Crippen LogP contribution in [0.2, 0.25) is 0 Å². The summed E-state index contributed by atoms with van der Waals surface area (Å²) in [5.74, 6) is 0.574. The molecule has 1 aromatic heterocycles. The summed E-state index contributed by atoms with van der Waals surface area (Å²) < 4.78 is 7.78. The van der Waals surface area contributed by atoms with Crippen LogP contribution in [0.4, 0.5) is 0 Å². The fourth-order valence-corrected chi connectivity index (χ4v) is 4.01. The van der Waals surface area contributed by atoms with Crippen molar-refractivity contribution < 1.29 is 4.74 Å². The summed E-state index contributed by atoms with van der Waals surface area (Å²) >= 11 is 0. The normalized spacial score (nSPS) is 27.7. The van der Waals surface area contributed by atoms with E-state index in [0.29, 0.717) is 12.0 Å². The zero-order chi connectivity index (χ0) is 15.9. The van der Waals surface area contributed by atoms with Gasteiger partial charge in [0.15, 0.2) is 0 Å². The fourth-order valence-electron chi connectivity index (χ4n) is 4.01. The maximum absolute atomic E-state index is 5.84. The highest BCUT2D eigenvalue weighted by Crippen LogP contribution is 2.44. The topological polar surface area (TPSA) is 43.2 Å². The SMILES string of the molecule is CC(C)n1cc(CN2C[C@@H]3COC[C@]3(c3ccccc3)C2)nn1. The second-order valence-electron chi connectivity index (χ2n) is 7.19. The summed E-state index contributed by atoms with van der Waals surface area (Å²) in [4.78, 5) is 2.51. The standard InChI is InChI=1S/C18H24N4O/c1-14(2)22-10-17(19-20-22)9-21-8-16-11-23-13-18(16,12-21)15-6-4-3-5-7-15/h3-7,10,14,16H,8-9,11-13H2,1-2H3/t16-,18+/m1/s1. The molecule has 2 atom stereocenters. The monoisotopic (exact) mass is 312 g/mol. The molecule has 0 amide bonds. The third kappa shape index (κ3) is 2.58. The summed E-state index contributed by atoms with van der Waals surface area (Å²) in [5, 5.41) is 8.55. The second kappa shape index (κ2) is 5.73. The molecule has 2 saturated heterocycles. The van der Waals surface area contributed by atoms with Crippen LogP contribution in [0.15, 0.2) is 36.5 Å². The van der Waals surface area contributed by atoms with Crippen molar-refractivity contribution in [3.8, 4) is 0 Å². The lowest BCUT2D eigenvalue weighted by atomic mass is 9.75. The van der Waals surface area contributed by atoms with Crippen molar-refractivity contribution in [2.24, 2.45) is 5.92 Å². The number of fused-ring (bicyclic) bond motifs is 1. The number of likely N-dealkylation sites (tertiary alicyclic amines) is 1. The summed E-state index contributed by atoms with van der Waals surface area (Å²) in [6.45, 7) is 8.93. The van der Waals surface area contributed by atoms with E-state index < -0.39 is 0 Å². The van der Waals surface area contributed by atoms with E-state index in [1.807, 2.05) is 4.68 Å². The second-order valence-corrected chi connectivity index (χ2v) is 7.19. The van der Waals surface area contributed by atoms with Crippen molar-refractivity contribution in [3.63, 3.8) is 0 Å². The van der Waals surface area contributed by atoms with Crippen LogP contribution in [0.25, 0.3) is 0 Å². The molecule has 23 heavy (non-hydrogen) atoms. The molecule has 0 unspecified atom stereocenters. The Kier molecular flexibility index (Phi) is 3.70. The molecule has 4 rings (SSSR count). The molecule has 0 radical (unpaired) electrons. The molecule has 1 aromatic carbocycles. The number of aromatic nitrogens is 3. The molecule has 0 N–H and O–H groups in total. The number of ether oxygens (including phenoxy) is 1. The van der Waals surface area contributed by atoms with Crippen molar-refractivity contribution in [1.82, 2.24) is 19.9 Å². The van der Waals surface area contributed by atoms with Gasteiger partial charge in [-0.1, -0.05) is 35.5 Å². The zero-order valence-corrected chi connectivity index (χ0v) is 13.9. The Bertz CT molecular complexity index is 669. The minimum Gasteiger partial charge on any atom is -0.380 e. The summed E-state index contributed by atoms with van der Waals surface area (Å²) in [7, 11) is 0. The Hall–Kier alpha value is -1.72. The lowest BCUT2D eigenvalue weighted by Gasteiger charge is -2.27. The highest BCUT2D eigenvalue weighted by atomic mass is 16.5. The number of rotatable bonds is 4. The van der Waals surface area contributed by atoms with Gasteiger partial charge in [-0.25, -0.2) is 4.68 Å².